The molecule has 3 heterocycles. The maximum Gasteiger partial charge on any atom is 0.120 e. The Morgan fingerprint density at radius 2 is 1.97 bits per heavy atom. The van der Waals surface area contributed by atoms with Crippen molar-refractivity contribution in [3.05, 3.63) is 93.3 Å². The van der Waals surface area contributed by atoms with E-state index in [0.717, 1.165) is 38.6 Å². The molecular weight excluding hydrogens is 416 g/mol. The van der Waals surface area contributed by atoms with E-state index in [1.165, 1.54) is 32.0 Å². The summed E-state index contributed by atoms with van der Waals surface area (Å²) in [6.45, 7) is 7.46. The Kier molecular flexibility index (Phi) is 6.30. The average molecular weight is 447 g/mol. The van der Waals surface area contributed by atoms with Crippen LogP contribution in [0.4, 0.5) is 0 Å². The number of ether oxygens (including phenoxy) is 2. The summed E-state index contributed by atoms with van der Waals surface area (Å²) < 4.78 is 11.7. The number of fused-ring (bicyclic) bond motifs is 1. The number of hydrogen-bond acceptors (Lipinski definition) is 5. The van der Waals surface area contributed by atoms with Crippen molar-refractivity contribution in [3.63, 3.8) is 0 Å². The van der Waals surface area contributed by atoms with E-state index in [0.29, 0.717) is 12.6 Å². The first kappa shape index (κ1) is 21.3. The molecule has 32 heavy (non-hydrogen) atoms. The Labute approximate surface area is 194 Å². The summed E-state index contributed by atoms with van der Waals surface area (Å²) in [5.41, 5.74) is 5.08. The fourth-order valence-electron chi connectivity index (χ4n) is 4.40. The van der Waals surface area contributed by atoms with Crippen LogP contribution in [0.3, 0.4) is 0 Å². The first-order chi connectivity index (χ1) is 15.7. The van der Waals surface area contributed by atoms with Crippen molar-refractivity contribution in [2.24, 2.45) is 0 Å². The average Bonchev–Trinajstić information content (AvgIpc) is 3.22. The largest absolute Gasteiger partial charge is 0.489 e. The summed E-state index contributed by atoms with van der Waals surface area (Å²) in [5, 5.41) is 0. The molecule has 0 N–H and O–H groups in total. The van der Waals surface area contributed by atoms with Gasteiger partial charge in [0, 0.05) is 54.3 Å². The van der Waals surface area contributed by atoms with Gasteiger partial charge in [0.05, 0.1) is 13.2 Å². The number of hydrogen-bond donors (Lipinski definition) is 0. The first-order valence-corrected chi connectivity index (χ1v) is 12.1. The zero-order valence-corrected chi connectivity index (χ0v) is 19.6. The summed E-state index contributed by atoms with van der Waals surface area (Å²) >= 11 is 1.93. The third-order valence-corrected chi connectivity index (χ3v) is 7.33. The molecule has 1 fully saturated rings. The van der Waals surface area contributed by atoms with Gasteiger partial charge in [-0.25, -0.2) is 0 Å². The van der Waals surface area contributed by atoms with E-state index in [2.05, 4.69) is 66.4 Å². The van der Waals surface area contributed by atoms with Crippen LogP contribution in [-0.4, -0.2) is 42.6 Å². The Hall–Kier alpha value is -2.60. The number of morpholine rings is 1. The second-order valence-corrected chi connectivity index (χ2v) is 9.86. The topological polar surface area (TPSA) is 24.9 Å². The minimum Gasteiger partial charge on any atom is -0.489 e. The normalized spacial score (nSPS) is 18.9. The van der Waals surface area contributed by atoms with Gasteiger partial charge in [-0.3, -0.25) is 4.90 Å². The quantitative estimate of drug-likeness (QED) is 0.507. The fourth-order valence-corrected chi connectivity index (χ4v) is 5.63. The summed E-state index contributed by atoms with van der Waals surface area (Å²) in [4.78, 5) is 7.63. The van der Waals surface area contributed by atoms with Gasteiger partial charge >= 0.3 is 0 Å². The van der Waals surface area contributed by atoms with E-state index in [4.69, 9.17) is 9.47 Å². The zero-order chi connectivity index (χ0) is 21.9. The molecule has 4 nitrogen and oxygen atoms in total. The van der Waals surface area contributed by atoms with Crippen LogP contribution in [0.15, 0.2) is 66.9 Å². The number of nitrogens with zero attached hydrogens (tertiary/aromatic N) is 2. The smallest absolute Gasteiger partial charge is 0.120 e. The molecule has 0 aliphatic carbocycles. The summed E-state index contributed by atoms with van der Waals surface area (Å²) in [5.74, 6) is 0.904. The highest BCUT2D eigenvalue weighted by Crippen LogP contribution is 2.39. The molecule has 0 bridgehead atoms. The minimum absolute atomic E-state index is 0.471. The molecule has 1 atom stereocenters. The lowest BCUT2D eigenvalue weighted by molar-refractivity contribution is -0.00391. The van der Waals surface area contributed by atoms with Crippen LogP contribution in [-0.2, 0) is 24.4 Å². The van der Waals surface area contributed by atoms with Crippen molar-refractivity contribution in [2.75, 3.05) is 26.8 Å². The lowest BCUT2D eigenvalue weighted by Gasteiger charge is -2.32. The molecule has 0 radical (unpaired) electrons. The van der Waals surface area contributed by atoms with Gasteiger partial charge in [0.25, 0.3) is 0 Å². The lowest BCUT2D eigenvalue weighted by Crippen LogP contribution is -2.42. The first-order valence-electron chi connectivity index (χ1n) is 11.3. The van der Waals surface area contributed by atoms with Crippen LogP contribution >= 0.6 is 11.3 Å². The van der Waals surface area contributed by atoms with Crippen molar-refractivity contribution < 1.29 is 9.47 Å². The molecule has 1 unspecified atom stereocenters. The third kappa shape index (κ3) is 4.75. The van der Waals surface area contributed by atoms with Crippen molar-refractivity contribution >= 4 is 16.9 Å². The van der Waals surface area contributed by atoms with Crippen LogP contribution in [0.2, 0.25) is 0 Å². The molecule has 166 valence electrons. The molecule has 0 saturated carbocycles. The number of rotatable bonds is 6. The highest BCUT2D eigenvalue weighted by molar-refractivity contribution is 7.13. The van der Waals surface area contributed by atoms with E-state index in [-0.39, 0.29) is 0 Å². The zero-order valence-electron chi connectivity index (χ0n) is 18.8. The molecule has 2 aliphatic rings. The Bertz CT molecular complexity index is 1090. The molecule has 0 spiro atoms. The third-order valence-electron chi connectivity index (χ3n) is 6.13. The van der Waals surface area contributed by atoms with E-state index in [9.17, 15) is 0 Å². The molecule has 5 rings (SSSR count). The van der Waals surface area contributed by atoms with Gasteiger partial charge in [-0.15, -0.1) is 11.3 Å². The predicted molar refractivity (Wildman–Crippen MR) is 131 cm³/mol. The number of thiophene rings is 1. The monoisotopic (exact) mass is 446 g/mol. The van der Waals surface area contributed by atoms with E-state index in [1.807, 2.05) is 35.6 Å². The van der Waals surface area contributed by atoms with Crippen LogP contribution in [0.5, 0.6) is 5.75 Å². The van der Waals surface area contributed by atoms with Crippen LogP contribution in [0.25, 0.3) is 5.57 Å². The van der Waals surface area contributed by atoms with Crippen molar-refractivity contribution in [3.8, 4) is 5.75 Å². The molecule has 2 aromatic carbocycles. The SMILES string of the molecule is CC1COCCN1Cc1cc2c(s1)C(c1cccc(OCc3ccccc3)c1)=CN(C)C2. The molecule has 1 saturated heterocycles. The minimum atomic E-state index is 0.471. The Balaban J connectivity index is 1.36. The summed E-state index contributed by atoms with van der Waals surface area (Å²) in [6.07, 6.45) is 2.27. The second kappa shape index (κ2) is 9.49. The van der Waals surface area contributed by atoms with Gasteiger partial charge in [0.2, 0.25) is 0 Å². The van der Waals surface area contributed by atoms with E-state index < -0.39 is 0 Å². The highest BCUT2D eigenvalue weighted by atomic mass is 32.1. The van der Waals surface area contributed by atoms with Crippen molar-refractivity contribution in [1.82, 2.24) is 9.80 Å². The van der Waals surface area contributed by atoms with Crippen LogP contribution in [0, 0.1) is 0 Å². The van der Waals surface area contributed by atoms with Gasteiger partial charge in [-0.2, -0.15) is 0 Å². The van der Waals surface area contributed by atoms with Gasteiger partial charge in [-0.1, -0.05) is 42.5 Å². The van der Waals surface area contributed by atoms with Gasteiger partial charge in [0.15, 0.2) is 0 Å². The molecule has 3 aromatic rings. The standard InChI is InChI=1S/C27H30N2O2S/c1-20-18-30-12-11-29(20)16-25-14-23-15-28(2)17-26(27(23)32-25)22-9-6-10-24(13-22)31-19-21-7-4-3-5-8-21/h3-10,13-14,17,20H,11-12,15-16,18-19H2,1-2H3. The number of benzene rings is 2. The fraction of sp³-hybridized carbons (Fsp3) is 0.333. The Morgan fingerprint density at radius 1 is 1.09 bits per heavy atom. The van der Waals surface area contributed by atoms with Crippen LogP contribution < -0.4 is 4.74 Å². The van der Waals surface area contributed by atoms with Crippen molar-refractivity contribution in [1.29, 1.82) is 0 Å². The Morgan fingerprint density at radius 3 is 2.81 bits per heavy atom. The second-order valence-electron chi connectivity index (χ2n) is 8.72. The summed E-state index contributed by atoms with van der Waals surface area (Å²) in [7, 11) is 2.15. The maximum atomic E-state index is 6.10. The molecule has 5 heteroatoms. The highest BCUT2D eigenvalue weighted by Gasteiger charge is 2.24. The van der Waals surface area contributed by atoms with Crippen molar-refractivity contribution in [2.45, 2.75) is 32.7 Å². The maximum absolute atomic E-state index is 6.10. The molecule has 2 aliphatic heterocycles. The van der Waals surface area contributed by atoms with Gasteiger partial charge < -0.3 is 14.4 Å². The molecule has 0 amide bonds. The van der Waals surface area contributed by atoms with E-state index in [1.54, 1.807) is 0 Å². The van der Waals surface area contributed by atoms with E-state index >= 15 is 0 Å². The molecule has 1 aromatic heterocycles. The predicted octanol–water partition coefficient (Wildman–Crippen LogP) is 5.38. The lowest BCUT2D eigenvalue weighted by atomic mass is 9.99. The van der Waals surface area contributed by atoms with Gasteiger partial charge in [-0.05, 0) is 41.8 Å². The molecular formula is C27H30N2O2S. The summed E-state index contributed by atoms with van der Waals surface area (Å²) in [6, 6.07) is 21.7. The van der Waals surface area contributed by atoms with Gasteiger partial charge in [0.1, 0.15) is 12.4 Å². The van der Waals surface area contributed by atoms with Crippen LogP contribution in [0.1, 0.15) is 33.4 Å².